The average Bonchev–Trinajstić information content (AvgIpc) is 2.98. The maximum absolute atomic E-state index is 13.3. The van der Waals surface area contributed by atoms with Crippen LogP contribution in [0.15, 0.2) is 78.9 Å². The van der Waals surface area contributed by atoms with E-state index in [2.05, 4.69) is 5.32 Å². The van der Waals surface area contributed by atoms with E-state index >= 15 is 0 Å². The van der Waals surface area contributed by atoms with Gasteiger partial charge in [-0.3, -0.25) is 4.79 Å². The van der Waals surface area contributed by atoms with Crippen LogP contribution in [0.2, 0.25) is 0 Å². The molecule has 0 aliphatic heterocycles. The van der Waals surface area contributed by atoms with E-state index in [9.17, 15) is 29.7 Å². The largest absolute Gasteiger partial charge is 0.496 e. The van der Waals surface area contributed by atoms with Gasteiger partial charge in [0.15, 0.2) is 0 Å². The minimum Gasteiger partial charge on any atom is -0.496 e. The molecule has 4 aromatic rings. The molecule has 9 heteroatoms. The van der Waals surface area contributed by atoms with Crippen LogP contribution in [0.5, 0.6) is 11.5 Å². The number of hydrogen-bond acceptors (Lipinski definition) is 6. The van der Waals surface area contributed by atoms with Crippen molar-refractivity contribution in [3.05, 3.63) is 107 Å². The molecule has 0 fully saturated rings. The van der Waals surface area contributed by atoms with Crippen molar-refractivity contribution in [1.29, 1.82) is 0 Å². The van der Waals surface area contributed by atoms with Crippen LogP contribution in [0.3, 0.4) is 0 Å². The molecule has 0 aromatic heterocycles. The molecule has 1 amide bonds. The summed E-state index contributed by atoms with van der Waals surface area (Å²) in [5.74, 6) is -2.01. The third kappa shape index (κ3) is 5.95. The summed E-state index contributed by atoms with van der Waals surface area (Å²) in [5, 5.41) is 30.9. The number of aromatic carboxylic acids is 2. The van der Waals surface area contributed by atoms with Crippen LogP contribution in [0.4, 0.5) is 0 Å². The molecule has 0 spiro atoms. The van der Waals surface area contributed by atoms with Crippen LogP contribution in [0.1, 0.15) is 42.2 Å². The van der Waals surface area contributed by atoms with E-state index in [4.69, 9.17) is 9.47 Å². The lowest BCUT2D eigenvalue weighted by Crippen LogP contribution is -2.24. The minimum atomic E-state index is -1.03. The average molecular weight is 542 g/mol. The van der Waals surface area contributed by atoms with Crippen LogP contribution in [0, 0.1) is 0 Å². The zero-order valence-electron chi connectivity index (χ0n) is 21.8. The summed E-state index contributed by atoms with van der Waals surface area (Å²) in [6.45, 7) is -0.150. The molecule has 0 radical (unpaired) electrons. The van der Waals surface area contributed by atoms with Gasteiger partial charge in [0.25, 0.3) is 5.91 Å². The van der Waals surface area contributed by atoms with Crippen molar-refractivity contribution in [2.24, 2.45) is 0 Å². The molecule has 4 rings (SSSR count). The molecular formula is C31H27NO8. The van der Waals surface area contributed by atoms with Crippen molar-refractivity contribution in [3.63, 3.8) is 0 Å². The zero-order valence-corrected chi connectivity index (χ0v) is 21.8. The van der Waals surface area contributed by atoms with Gasteiger partial charge in [0.2, 0.25) is 0 Å². The Kier molecular flexibility index (Phi) is 8.46. The molecule has 4 aromatic carbocycles. The van der Waals surface area contributed by atoms with Gasteiger partial charge in [0.05, 0.1) is 32.0 Å². The summed E-state index contributed by atoms with van der Waals surface area (Å²) in [4.78, 5) is 35.9. The number of ether oxygens (including phenoxy) is 2. The maximum atomic E-state index is 13.3. The molecule has 0 atom stereocenters. The number of carbonyl (C=O) groups is 3. The Hall–Kier alpha value is -5.15. The number of nitrogens with one attached hydrogen (secondary N) is 1. The third-order valence-electron chi connectivity index (χ3n) is 6.43. The van der Waals surface area contributed by atoms with E-state index in [1.807, 2.05) is 18.2 Å². The Morgan fingerprint density at radius 3 is 1.68 bits per heavy atom. The smallest absolute Gasteiger partial charge is 0.335 e. The van der Waals surface area contributed by atoms with Gasteiger partial charge in [-0.05, 0) is 75.8 Å². The normalized spacial score (nSPS) is 10.6. The number of carbonyl (C=O) groups excluding carboxylic acids is 1. The molecular weight excluding hydrogens is 514 g/mol. The first-order valence-electron chi connectivity index (χ1n) is 12.2. The number of methoxy groups -OCH3 is 2. The summed E-state index contributed by atoms with van der Waals surface area (Å²) >= 11 is 0. The zero-order chi connectivity index (χ0) is 28.8. The topological polar surface area (TPSA) is 142 Å². The summed E-state index contributed by atoms with van der Waals surface area (Å²) in [5.41, 5.74) is 4.88. The van der Waals surface area contributed by atoms with Crippen molar-refractivity contribution in [1.82, 2.24) is 5.32 Å². The first kappa shape index (κ1) is 27.9. The van der Waals surface area contributed by atoms with Gasteiger partial charge >= 0.3 is 11.9 Å². The van der Waals surface area contributed by atoms with Gasteiger partial charge in [-0.25, -0.2) is 9.59 Å². The van der Waals surface area contributed by atoms with Crippen molar-refractivity contribution in [3.8, 4) is 33.8 Å². The minimum absolute atomic E-state index is 0.101. The lowest BCUT2D eigenvalue weighted by Gasteiger charge is -2.17. The SMILES string of the molecule is COc1cc(CO)cc(OC)c1C(=O)NCc1cc(-c2ccc(C(=O)O)cc2)ccc1-c1ccc(C(=O)O)cc1. The highest BCUT2D eigenvalue weighted by Crippen LogP contribution is 2.32. The van der Waals surface area contributed by atoms with Gasteiger partial charge in [-0.15, -0.1) is 0 Å². The van der Waals surface area contributed by atoms with Crippen molar-refractivity contribution >= 4 is 17.8 Å². The fourth-order valence-corrected chi connectivity index (χ4v) is 4.34. The second kappa shape index (κ2) is 12.1. The third-order valence-corrected chi connectivity index (χ3v) is 6.43. The number of rotatable bonds is 10. The molecule has 0 aliphatic carbocycles. The van der Waals surface area contributed by atoms with E-state index < -0.39 is 17.8 Å². The Balaban J connectivity index is 1.72. The van der Waals surface area contributed by atoms with Crippen molar-refractivity contribution < 1.29 is 39.2 Å². The highest BCUT2D eigenvalue weighted by molar-refractivity contribution is 6.00. The van der Waals surface area contributed by atoms with Crippen LogP contribution >= 0.6 is 0 Å². The fraction of sp³-hybridized carbons (Fsp3) is 0.129. The summed E-state index contributed by atoms with van der Waals surface area (Å²) < 4.78 is 10.8. The van der Waals surface area contributed by atoms with Gasteiger partial charge in [0.1, 0.15) is 17.1 Å². The Morgan fingerprint density at radius 2 is 1.20 bits per heavy atom. The molecule has 204 valence electrons. The molecule has 0 bridgehead atoms. The van der Waals surface area contributed by atoms with Crippen molar-refractivity contribution in [2.75, 3.05) is 14.2 Å². The van der Waals surface area contributed by atoms with Crippen molar-refractivity contribution in [2.45, 2.75) is 13.2 Å². The Bertz CT molecular complexity index is 1530. The molecule has 0 unspecified atom stereocenters. The number of benzene rings is 4. The van der Waals surface area contributed by atoms with Crippen LogP contribution < -0.4 is 14.8 Å². The molecule has 40 heavy (non-hydrogen) atoms. The fourth-order valence-electron chi connectivity index (χ4n) is 4.34. The Labute approximate surface area is 230 Å². The number of carboxylic acid groups (broad SMARTS) is 2. The molecule has 0 saturated heterocycles. The number of aliphatic hydroxyl groups is 1. The summed E-state index contributed by atoms with van der Waals surface area (Å²) in [6.07, 6.45) is 0. The number of carboxylic acids is 2. The first-order chi connectivity index (χ1) is 19.2. The second-order valence-corrected chi connectivity index (χ2v) is 8.85. The van der Waals surface area contributed by atoms with Crippen LogP contribution in [0.25, 0.3) is 22.3 Å². The first-order valence-corrected chi connectivity index (χ1v) is 12.2. The lowest BCUT2D eigenvalue weighted by molar-refractivity contribution is 0.0686. The molecule has 0 saturated carbocycles. The summed E-state index contributed by atoms with van der Waals surface area (Å²) in [6, 6.07) is 21.6. The highest BCUT2D eigenvalue weighted by atomic mass is 16.5. The van der Waals surface area contributed by atoms with Crippen LogP contribution in [-0.4, -0.2) is 47.4 Å². The van der Waals surface area contributed by atoms with E-state index in [0.717, 1.165) is 27.8 Å². The van der Waals surface area contributed by atoms with Gasteiger partial charge in [-0.2, -0.15) is 0 Å². The predicted octanol–water partition coefficient (Wildman–Crippen LogP) is 4.86. The Morgan fingerprint density at radius 1 is 0.700 bits per heavy atom. The van der Waals surface area contributed by atoms with E-state index in [0.29, 0.717) is 5.56 Å². The molecule has 0 heterocycles. The lowest BCUT2D eigenvalue weighted by atomic mass is 9.94. The quantitative estimate of drug-likeness (QED) is 0.223. The van der Waals surface area contributed by atoms with E-state index in [1.165, 1.54) is 38.5 Å². The number of amides is 1. The van der Waals surface area contributed by atoms with Gasteiger partial charge < -0.3 is 30.1 Å². The number of aliphatic hydroxyl groups excluding tert-OH is 1. The molecule has 4 N–H and O–H groups in total. The maximum Gasteiger partial charge on any atom is 0.335 e. The predicted molar refractivity (Wildman–Crippen MR) is 148 cm³/mol. The number of hydrogen-bond donors (Lipinski definition) is 4. The molecule has 0 aliphatic rings. The van der Waals surface area contributed by atoms with Gasteiger partial charge in [-0.1, -0.05) is 36.4 Å². The summed E-state index contributed by atoms with van der Waals surface area (Å²) in [7, 11) is 2.84. The van der Waals surface area contributed by atoms with E-state index in [-0.39, 0.29) is 41.3 Å². The molecule has 9 nitrogen and oxygen atoms in total. The second-order valence-electron chi connectivity index (χ2n) is 8.85. The van der Waals surface area contributed by atoms with Gasteiger partial charge in [0, 0.05) is 6.54 Å². The monoisotopic (exact) mass is 541 g/mol. The van der Waals surface area contributed by atoms with E-state index in [1.54, 1.807) is 36.4 Å². The highest BCUT2D eigenvalue weighted by Gasteiger charge is 2.20. The van der Waals surface area contributed by atoms with Crippen LogP contribution in [-0.2, 0) is 13.2 Å². The standard InChI is InChI=1S/C31H27NO8/c1-39-26-13-18(17-33)14-27(40-2)28(26)29(34)32-16-24-15-23(19-3-7-21(8-4-19)30(35)36)11-12-25(24)20-5-9-22(10-6-20)31(37)38/h3-15,33H,16-17H2,1-2H3,(H,32,34)(H,35,36)(H,37,38).